The van der Waals surface area contributed by atoms with Crippen molar-refractivity contribution in [2.75, 3.05) is 6.61 Å². The zero-order chi connectivity index (χ0) is 13.3. The maximum absolute atomic E-state index is 12.2. The molecule has 1 aromatic heterocycles. The number of para-hydroxylation sites is 1. The van der Waals surface area contributed by atoms with Crippen molar-refractivity contribution in [2.45, 2.75) is 13.8 Å². The quantitative estimate of drug-likeness (QED) is 0.760. The number of carbonyl (C=O) groups excluding carboxylic acids is 1. The number of benzene rings is 1. The third-order valence-electron chi connectivity index (χ3n) is 3.04. The van der Waals surface area contributed by atoms with Gasteiger partial charge in [-0.05, 0) is 25.5 Å². The van der Waals surface area contributed by atoms with Gasteiger partial charge in [-0.2, -0.15) is 0 Å². The summed E-state index contributed by atoms with van der Waals surface area (Å²) >= 11 is 0. The van der Waals surface area contributed by atoms with E-state index < -0.39 is 5.97 Å². The summed E-state index contributed by atoms with van der Waals surface area (Å²) in [5.74, 6) is -0.554. The van der Waals surface area contributed by atoms with Crippen LogP contribution in [0.15, 0.2) is 29.1 Å². The molecule has 0 spiro atoms. The molecule has 0 fully saturated rings. The smallest absolute Gasteiger partial charge is 0.344 e. The topological polar surface area (TPSA) is 48.3 Å². The fourth-order valence-corrected chi connectivity index (χ4v) is 2.10. The van der Waals surface area contributed by atoms with Crippen molar-refractivity contribution in [3.63, 3.8) is 0 Å². The summed E-state index contributed by atoms with van der Waals surface area (Å²) < 4.78 is 6.42. The van der Waals surface area contributed by atoms with Crippen LogP contribution in [0.3, 0.4) is 0 Å². The molecule has 0 radical (unpaired) electrons. The van der Waals surface area contributed by atoms with Crippen molar-refractivity contribution in [1.29, 1.82) is 0 Å². The van der Waals surface area contributed by atoms with E-state index in [1.54, 1.807) is 20.9 Å². The van der Waals surface area contributed by atoms with Crippen LogP contribution in [0.25, 0.3) is 10.9 Å². The van der Waals surface area contributed by atoms with Gasteiger partial charge in [0.25, 0.3) is 5.56 Å². The summed E-state index contributed by atoms with van der Waals surface area (Å²) in [7, 11) is 1.66. The number of esters is 1. The van der Waals surface area contributed by atoms with Crippen LogP contribution < -0.4 is 5.56 Å². The van der Waals surface area contributed by atoms with Crippen LogP contribution in [-0.4, -0.2) is 17.1 Å². The maximum atomic E-state index is 12.2. The van der Waals surface area contributed by atoms with Crippen LogP contribution in [-0.2, 0) is 11.8 Å². The van der Waals surface area contributed by atoms with E-state index in [1.807, 2.05) is 24.3 Å². The largest absolute Gasteiger partial charge is 0.462 e. The summed E-state index contributed by atoms with van der Waals surface area (Å²) in [6.07, 6.45) is 0. The van der Waals surface area contributed by atoms with Gasteiger partial charge < -0.3 is 9.30 Å². The summed E-state index contributed by atoms with van der Waals surface area (Å²) in [4.78, 5) is 24.0. The average molecular weight is 245 g/mol. The van der Waals surface area contributed by atoms with Gasteiger partial charge in [0.2, 0.25) is 0 Å². The Balaban J connectivity index is 2.83. The van der Waals surface area contributed by atoms with Crippen molar-refractivity contribution in [2.24, 2.45) is 7.05 Å². The fraction of sp³-hybridized carbons (Fsp3) is 0.286. The Bertz CT molecular complexity index is 671. The Labute approximate surface area is 105 Å². The first-order valence-electron chi connectivity index (χ1n) is 5.83. The van der Waals surface area contributed by atoms with E-state index in [1.165, 1.54) is 4.57 Å². The van der Waals surface area contributed by atoms with Crippen molar-refractivity contribution in [3.05, 3.63) is 45.7 Å². The van der Waals surface area contributed by atoms with Crippen molar-refractivity contribution >= 4 is 16.9 Å². The molecule has 0 atom stereocenters. The van der Waals surface area contributed by atoms with Gasteiger partial charge in [-0.1, -0.05) is 18.2 Å². The molecule has 0 amide bonds. The minimum absolute atomic E-state index is 0.123. The van der Waals surface area contributed by atoms with Crippen molar-refractivity contribution in [1.82, 2.24) is 4.57 Å². The minimum Gasteiger partial charge on any atom is -0.462 e. The van der Waals surface area contributed by atoms with E-state index in [4.69, 9.17) is 4.74 Å². The standard InChI is InChI=1S/C14H15NO3/c1-4-18-14(17)12-9(2)10-7-5-6-8-11(10)15(3)13(12)16/h5-8H,4H2,1-3H3. The molecule has 0 saturated heterocycles. The molecular weight excluding hydrogens is 230 g/mol. The Hall–Kier alpha value is -2.10. The number of fused-ring (bicyclic) bond motifs is 1. The lowest BCUT2D eigenvalue weighted by molar-refractivity contribution is 0.0523. The van der Waals surface area contributed by atoms with Gasteiger partial charge in [-0.15, -0.1) is 0 Å². The number of hydrogen-bond donors (Lipinski definition) is 0. The van der Waals surface area contributed by atoms with E-state index in [0.717, 1.165) is 10.9 Å². The number of carbonyl (C=O) groups is 1. The summed E-state index contributed by atoms with van der Waals surface area (Å²) in [6.45, 7) is 3.75. The molecule has 1 aromatic carbocycles. The molecule has 0 bridgehead atoms. The number of rotatable bonds is 2. The van der Waals surface area contributed by atoms with E-state index in [9.17, 15) is 9.59 Å². The minimum atomic E-state index is -0.554. The highest BCUT2D eigenvalue weighted by molar-refractivity contribution is 5.96. The number of hydrogen-bond acceptors (Lipinski definition) is 3. The molecule has 4 heteroatoms. The van der Waals surface area contributed by atoms with Crippen molar-refractivity contribution < 1.29 is 9.53 Å². The van der Waals surface area contributed by atoms with E-state index in [-0.39, 0.29) is 17.7 Å². The van der Waals surface area contributed by atoms with Gasteiger partial charge in [0.1, 0.15) is 5.56 Å². The number of nitrogens with zero attached hydrogens (tertiary/aromatic N) is 1. The average Bonchev–Trinajstić information content (AvgIpc) is 2.37. The Morgan fingerprint density at radius 1 is 1.33 bits per heavy atom. The second-order valence-corrected chi connectivity index (χ2v) is 4.10. The molecule has 0 aliphatic rings. The lowest BCUT2D eigenvalue weighted by atomic mass is 10.0. The maximum Gasteiger partial charge on any atom is 0.344 e. The van der Waals surface area contributed by atoms with E-state index in [2.05, 4.69) is 0 Å². The zero-order valence-electron chi connectivity index (χ0n) is 10.7. The number of ether oxygens (including phenoxy) is 1. The first kappa shape index (κ1) is 12.4. The lowest BCUT2D eigenvalue weighted by Gasteiger charge is -2.11. The SMILES string of the molecule is CCOC(=O)c1c(C)c2ccccc2n(C)c1=O. The van der Waals surface area contributed by atoms with Crippen LogP contribution in [0.2, 0.25) is 0 Å². The van der Waals surface area contributed by atoms with Gasteiger partial charge in [0, 0.05) is 12.4 Å². The van der Waals surface area contributed by atoms with Gasteiger partial charge in [0.05, 0.1) is 12.1 Å². The monoisotopic (exact) mass is 245 g/mol. The second kappa shape index (κ2) is 4.64. The molecule has 0 unspecified atom stereocenters. The highest BCUT2D eigenvalue weighted by atomic mass is 16.5. The van der Waals surface area contributed by atoms with Crippen LogP contribution in [0, 0.1) is 6.92 Å². The summed E-state index contributed by atoms with van der Waals surface area (Å²) in [5, 5.41) is 0.891. The molecular formula is C14H15NO3. The molecule has 0 aliphatic heterocycles. The second-order valence-electron chi connectivity index (χ2n) is 4.10. The molecule has 4 nitrogen and oxygen atoms in total. The molecule has 0 saturated carbocycles. The normalized spacial score (nSPS) is 10.6. The van der Waals surface area contributed by atoms with Gasteiger partial charge >= 0.3 is 5.97 Å². The number of pyridine rings is 1. The summed E-state index contributed by atoms with van der Waals surface area (Å²) in [5.41, 5.74) is 1.29. The number of aromatic nitrogens is 1. The molecule has 94 valence electrons. The predicted octanol–water partition coefficient (Wildman–Crippen LogP) is 2.02. The van der Waals surface area contributed by atoms with Gasteiger partial charge in [-0.3, -0.25) is 4.79 Å². The van der Waals surface area contributed by atoms with Crippen LogP contribution in [0.5, 0.6) is 0 Å². The molecule has 18 heavy (non-hydrogen) atoms. The third kappa shape index (κ3) is 1.79. The summed E-state index contributed by atoms with van der Waals surface area (Å²) in [6, 6.07) is 7.51. The Kier molecular flexibility index (Phi) is 3.19. The first-order valence-corrected chi connectivity index (χ1v) is 5.83. The highest BCUT2D eigenvalue weighted by Crippen LogP contribution is 2.18. The van der Waals surface area contributed by atoms with Crippen molar-refractivity contribution in [3.8, 4) is 0 Å². The number of aryl methyl sites for hydroxylation is 2. The zero-order valence-corrected chi connectivity index (χ0v) is 10.7. The molecule has 2 rings (SSSR count). The van der Waals surface area contributed by atoms with E-state index >= 15 is 0 Å². The Morgan fingerprint density at radius 2 is 2.00 bits per heavy atom. The Morgan fingerprint density at radius 3 is 2.67 bits per heavy atom. The molecule has 0 aliphatic carbocycles. The first-order chi connectivity index (χ1) is 8.57. The van der Waals surface area contributed by atoms with Crippen LogP contribution in [0.4, 0.5) is 0 Å². The molecule has 0 N–H and O–H groups in total. The molecule has 2 aromatic rings. The predicted molar refractivity (Wildman–Crippen MR) is 69.9 cm³/mol. The van der Waals surface area contributed by atoms with Gasteiger partial charge in [0.15, 0.2) is 0 Å². The van der Waals surface area contributed by atoms with Gasteiger partial charge in [-0.25, -0.2) is 4.79 Å². The van der Waals surface area contributed by atoms with Crippen LogP contribution >= 0.6 is 0 Å². The van der Waals surface area contributed by atoms with Crippen LogP contribution in [0.1, 0.15) is 22.8 Å². The van der Waals surface area contributed by atoms with E-state index in [0.29, 0.717) is 5.56 Å². The highest BCUT2D eigenvalue weighted by Gasteiger charge is 2.19. The lowest BCUT2D eigenvalue weighted by Crippen LogP contribution is -2.27. The third-order valence-corrected chi connectivity index (χ3v) is 3.04. The fourth-order valence-electron chi connectivity index (χ4n) is 2.10. The molecule has 1 heterocycles.